The quantitative estimate of drug-likeness (QED) is 0.866. The molecule has 6 nitrogen and oxygen atoms in total. The fourth-order valence-electron chi connectivity index (χ4n) is 5.37. The van der Waals surface area contributed by atoms with Gasteiger partial charge in [0, 0.05) is 50.2 Å². The van der Waals surface area contributed by atoms with Gasteiger partial charge in [0.25, 0.3) is 5.91 Å². The van der Waals surface area contributed by atoms with Crippen molar-refractivity contribution in [2.75, 3.05) is 59.5 Å². The first kappa shape index (κ1) is 19.1. The van der Waals surface area contributed by atoms with Gasteiger partial charge in [-0.1, -0.05) is 18.2 Å². The van der Waals surface area contributed by atoms with E-state index in [9.17, 15) is 4.79 Å². The van der Waals surface area contributed by atoms with Crippen LogP contribution in [-0.2, 0) is 4.74 Å². The Hall–Kier alpha value is -1.89. The first-order valence-electron chi connectivity index (χ1n) is 11.0. The number of H-pyrrole nitrogens is 1. The van der Waals surface area contributed by atoms with Crippen molar-refractivity contribution in [2.45, 2.75) is 24.9 Å². The largest absolute Gasteiger partial charge is 0.373 e. The van der Waals surface area contributed by atoms with E-state index in [1.165, 1.54) is 0 Å². The highest BCUT2D eigenvalue weighted by atomic mass is 16.5. The lowest BCUT2D eigenvalue weighted by Gasteiger charge is -2.40. The molecular weight excluding hydrogens is 364 g/mol. The fourth-order valence-corrected chi connectivity index (χ4v) is 5.37. The van der Waals surface area contributed by atoms with Crippen LogP contribution in [0.15, 0.2) is 30.3 Å². The summed E-state index contributed by atoms with van der Waals surface area (Å²) < 4.78 is 6.39. The Bertz CT molecular complexity index is 840. The van der Waals surface area contributed by atoms with Gasteiger partial charge in [-0.15, -0.1) is 0 Å². The Morgan fingerprint density at radius 1 is 1.21 bits per heavy atom. The van der Waals surface area contributed by atoms with Gasteiger partial charge in [-0.25, -0.2) is 0 Å². The van der Waals surface area contributed by atoms with Gasteiger partial charge in [0.1, 0.15) is 5.69 Å². The average Bonchev–Trinajstić information content (AvgIpc) is 3.33. The highest BCUT2D eigenvalue weighted by molar-refractivity contribution is 5.98. The number of fused-ring (bicyclic) bond motifs is 1. The molecule has 1 aromatic carbocycles. The van der Waals surface area contributed by atoms with Crippen LogP contribution in [0.3, 0.4) is 0 Å². The lowest BCUT2D eigenvalue weighted by molar-refractivity contribution is -0.0451. The number of para-hydroxylation sites is 1. The zero-order valence-electron chi connectivity index (χ0n) is 17.4. The second kappa shape index (κ2) is 7.74. The van der Waals surface area contributed by atoms with E-state index in [0.717, 1.165) is 82.6 Å². The summed E-state index contributed by atoms with van der Waals surface area (Å²) >= 11 is 0. The predicted octanol–water partition coefficient (Wildman–Crippen LogP) is 2.43. The molecule has 1 spiro atoms. The van der Waals surface area contributed by atoms with Crippen LogP contribution in [0.5, 0.6) is 0 Å². The molecule has 3 aliphatic rings. The molecular formula is C23H32N4O2. The Morgan fingerprint density at radius 3 is 2.86 bits per heavy atom. The number of likely N-dealkylation sites (N-methyl/N-ethyl adjacent to an activating group) is 1. The molecule has 3 saturated heterocycles. The number of hydrogen-bond donors (Lipinski definition) is 1. The third-order valence-corrected chi connectivity index (χ3v) is 6.99. The molecule has 156 valence electrons. The SMILES string of the molecule is CN1CCN(C[C@H]2CO[C@@]3(CCCN(C(=O)c4cc5ccccc5[nH]4)C3)C2)CC1. The highest BCUT2D eigenvalue weighted by Gasteiger charge is 2.45. The summed E-state index contributed by atoms with van der Waals surface area (Å²) in [7, 11) is 2.20. The number of carbonyl (C=O) groups is 1. The lowest BCUT2D eigenvalue weighted by atomic mass is 9.86. The maximum absolute atomic E-state index is 13.2. The van der Waals surface area contributed by atoms with Crippen molar-refractivity contribution >= 4 is 16.8 Å². The summed E-state index contributed by atoms with van der Waals surface area (Å²) in [5, 5.41) is 1.09. The molecule has 3 aliphatic heterocycles. The minimum absolute atomic E-state index is 0.103. The lowest BCUT2D eigenvalue weighted by Crippen LogP contribution is -2.50. The van der Waals surface area contributed by atoms with Crippen molar-refractivity contribution in [1.29, 1.82) is 0 Å². The summed E-state index contributed by atoms with van der Waals surface area (Å²) in [6.45, 7) is 8.14. The van der Waals surface area contributed by atoms with Gasteiger partial charge in [-0.3, -0.25) is 4.79 Å². The molecule has 1 amide bonds. The average molecular weight is 397 g/mol. The van der Waals surface area contributed by atoms with Gasteiger partial charge in [0.2, 0.25) is 0 Å². The number of rotatable bonds is 3. The molecule has 1 N–H and O–H groups in total. The molecule has 0 unspecified atom stereocenters. The van der Waals surface area contributed by atoms with Crippen molar-refractivity contribution in [3.05, 3.63) is 36.0 Å². The number of nitrogens with zero attached hydrogens (tertiary/aromatic N) is 3. The van der Waals surface area contributed by atoms with Crippen LogP contribution in [-0.4, -0.2) is 90.7 Å². The van der Waals surface area contributed by atoms with Gasteiger partial charge >= 0.3 is 0 Å². The Labute approximate surface area is 172 Å². The number of carbonyl (C=O) groups excluding carboxylic acids is 1. The number of likely N-dealkylation sites (tertiary alicyclic amines) is 1. The van der Waals surface area contributed by atoms with Crippen LogP contribution in [0.1, 0.15) is 29.8 Å². The molecule has 5 rings (SSSR count). The third-order valence-electron chi connectivity index (χ3n) is 6.99. The Morgan fingerprint density at radius 2 is 2.03 bits per heavy atom. The van der Waals surface area contributed by atoms with E-state index in [0.29, 0.717) is 11.6 Å². The number of aromatic amines is 1. The summed E-state index contributed by atoms with van der Waals surface area (Å²) in [5.74, 6) is 0.688. The fraction of sp³-hybridized carbons (Fsp3) is 0.609. The zero-order chi connectivity index (χ0) is 19.8. The van der Waals surface area contributed by atoms with Gasteiger partial charge < -0.3 is 24.4 Å². The maximum atomic E-state index is 13.2. The number of benzene rings is 1. The number of nitrogens with one attached hydrogen (secondary N) is 1. The van der Waals surface area contributed by atoms with Gasteiger partial charge in [0.15, 0.2) is 0 Å². The molecule has 2 atom stereocenters. The summed E-state index contributed by atoms with van der Waals surface area (Å²) in [5.41, 5.74) is 1.57. The van der Waals surface area contributed by atoms with Crippen LogP contribution in [0.25, 0.3) is 10.9 Å². The minimum Gasteiger partial charge on any atom is -0.373 e. The minimum atomic E-state index is -0.142. The number of hydrogen-bond acceptors (Lipinski definition) is 4. The summed E-state index contributed by atoms with van der Waals surface area (Å²) in [6.07, 6.45) is 3.17. The normalized spacial score (nSPS) is 29.1. The van der Waals surface area contributed by atoms with Crippen molar-refractivity contribution in [2.24, 2.45) is 5.92 Å². The van der Waals surface area contributed by atoms with E-state index in [2.05, 4.69) is 21.8 Å². The predicted molar refractivity (Wildman–Crippen MR) is 114 cm³/mol. The molecule has 1 aromatic heterocycles. The molecule has 2 aromatic rings. The summed E-state index contributed by atoms with van der Waals surface area (Å²) in [4.78, 5) is 23.5. The van der Waals surface area contributed by atoms with E-state index in [1.807, 2.05) is 35.2 Å². The molecule has 0 saturated carbocycles. The molecule has 29 heavy (non-hydrogen) atoms. The van der Waals surface area contributed by atoms with Gasteiger partial charge in [-0.2, -0.15) is 0 Å². The smallest absolute Gasteiger partial charge is 0.270 e. The van der Waals surface area contributed by atoms with E-state index in [4.69, 9.17) is 4.74 Å². The molecule has 4 heterocycles. The second-order valence-corrected chi connectivity index (χ2v) is 9.27. The van der Waals surface area contributed by atoms with E-state index >= 15 is 0 Å². The van der Waals surface area contributed by atoms with Crippen molar-refractivity contribution in [3.63, 3.8) is 0 Å². The van der Waals surface area contributed by atoms with Crippen LogP contribution in [0.2, 0.25) is 0 Å². The van der Waals surface area contributed by atoms with Crippen molar-refractivity contribution < 1.29 is 9.53 Å². The molecule has 0 radical (unpaired) electrons. The van der Waals surface area contributed by atoms with Crippen molar-refractivity contribution in [1.82, 2.24) is 19.7 Å². The third kappa shape index (κ3) is 3.93. The van der Waals surface area contributed by atoms with Crippen LogP contribution >= 0.6 is 0 Å². The van der Waals surface area contributed by atoms with Gasteiger partial charge in [-0.05, 0) is 44.4 Å². The van der Waals surface area contributed by atoms with Crippen LogP contribution < -0.4 is 0 Å². The van der Waals surface area contributed by atoms with Gasteiger partial charge in [0.05, 0.1) is 18.8 Å². The van der Waals surface area contributed by atoms with Crippen LogP contribution in [0.4, 0.5) is 0 Å². The highest BCUT2D eigenvalue weighted by Crippen LogP contribution is 2.38. The molecule has 0 aliphatic carbocycles. The molecule has 0 bridgehead atoms. The Balaban J connectivity index is 1.22. The van der Waals surface area contributed by atoms with E-state index in [-0.39, 0.29) is 11.5 Å². The second-order valence-electron chi connectivity index (χ2n) is 9.27. The standard InChI is InChI=1S/C23H32N4O2/c1-25-9-11-26(12-10-25)15-18-14-23(29-16-18)7-4-8-27(17-23)22(28)21-13-19-5-2-3-6-20(19)24-21/h2-3,5-6,13,18,24H,4,7-12,14-17H2,1H3/t18-,23-/m0/s1. The van der Waals surface area contributed by atoms with E-state index < -0.39 is 0 Å². The number of piperazine rings is 1. The van der Waals surface area contributed by atoms with Crippen LogP contribution in [0, 0.1) is 5.92 Å². The first-order valence-corrected chi connectivity index (χ1v) is 11.0. The zero-order valence-corrected chi connectivity index (χ0v) is 17.4. The van der Waals surface area contributed by atoms with E-state index in [1.54, 1.807) is 0 Å². The topological polar surface area (TPSA) is 51.8 Å². The number of amides is 1. The van der Waals surface area contributed by atoms with Crippen molar-refractivity contribution in [3.8, 4) is 0 Å². The Kier molecular flexibility index (Phi) is 5.10. The number of piperidine rings is 1. The molecule has 3 fully saturated rings. The summed E-state index contributed by atoms with van der Waals surface area (Å²) in [6, 6.07) is 10.0. The monoisotopic (exact) mass is 396 g/mol. The number of ether oxygens (including phenoxy) is 1. The maximum Gasteiger partial charge on any atom is 0.270 e. The number of aromatic nitrogens is 1. The molecule has 6 heteroatoms. The first-order chi connectivity index (χ1) is 14.1.